The molecule has 1 unspecified atom stereocenters. The Morgan fingerprint density at radius 3 is 2.74 bits per heavy atom. The van der Waals surface area contributed by atoms with Crippen LogP contribution in [0.5, 0.6) is 0 Å². The molecule has 0 bridgehead atoms. The van der Waals surface area contributed by atoms with Gasteiger partial charge < -0.3 is 15.0 Å². The van der Waals surface area contributed by atoms with Crippen molar-refractivity contribution in [3.05, 3.63) is 47.9 Å². The molecule has 1 aromatic carbocycles. The number of amides is 1. The van der Waals surface area contributed by atoms with Crippen LogP contribution in [-0.4, -0.2) is 54.1 Å². The summed E-state index contributed by atoms with van der Waals surface area (Å²) in [6, 6.07) is 10.6. The van der Waals surface area contributed by atoms with Gasteiger partial charge in [0.05, 0.1) is 17.3 Å². The lowest BCUT2D eigenvalue weighted by Crippen LogP contribution is -2.36. The summed E-state index contributed by atoms with van der Waals surface area (Å²) < 4.78 is 4.25. The molecule has 1 saturated heterocycles. The molecule has 138 valence electrons. The third-order valence-electron chi connectivity index (χ3n) is 3.85. The van der Waals surface area contributed by atoms with Crippen molar-refractivity contribution in [3.8, 4) is 23.5 Å². The lowest BCUT2D eigenvalue weighted by Gasteiger charge is -2.12. The molecule has 0 saturated carbocycles. The molecule has 1 fully saturated rings. The van der Waals surface area contributed by atoms with Crippen LogP contribution in [-0.2, 0) is 4.74 Å². The molecule has 27 heavy (non-hydrogen) atoms. The van der Waals surface area contributed by atoms with Crippen molar-refractivity contribution in [2.75, 3.05) is 27.3 Å². The van der Waals surface area contributed by atoms with Crippen LogP contribution in [0.25, 0.3) is 11.3 Å². The Balaban J connectivity index is 0.000000817. The Hall–Kier alpha value is -3.49. The Kier molecular flexibility index (Phi) is 7.24. The van der Waals surface area contributed by atoms with Crippen molar-refractivity contribution >= 4 is 5.91 Å². The predicted octanol–water partition coefficient (Wildman–Crippen LogP) is 1.56. The van der Waals surface area contributed by atoms with Gasteiger partial charge in [0.25, 0.3) is 5.91 Å². The fourth-order valence-electron chi connectivity index (χ4n) is 2.62. The van der Waals surface area contributed by atoms with Gasteiger partial charge >= 0.3 is 0 Å². The van der Waals surface area contributed by atoms with Crippen molar-refractivity contribution in [2.45, 2.75) is 12.5 Å². The summed E-state index contributed by atoms with van der Waals surface area (Å²) in [6.07, 6.45) is 4.15. The van der Waals surface area contributed by atoms with E-state index in [0.717, 1.165) is 12.0 Å². The van der Waals surface area contributed by atoms with Gasteiger partial charge in [-0.3, -0.25) is 4.79 Å². The van der Waals surface area contributed by atoms with Gasteiger partial charge in [-0.15, -0.1) is 0 Å². The van der Waals surface area contributed by atoms with Crippen molar-refractivity contribution in [3.63, 3.8) is 0 Å². The van der Waals surface area contributed by atoms with Gasteiger partial charge in [0.2, 0.25) is 0 Å². The number of carbonyl (C=O) groups excluding carboxylic acids is 1. The van der Waals surface area contributed by atoms with Crippen molar-refractivity contribution in [1.82, 2.24) is 20.2 Å². The molecule has 8 heteroatoms. The number of rotatable bonds is 3. The number of hydrogen-bond donors (Lipinski definition) is 1. The Labute approximate surface area is 158 Å². The number of likely N-dealkylation sites (tertiary alicyclic amines) is 1. The van der Waals surface area contributed by atoms with Crippen molar-refractivity contribution in [2.24, 2.45) is 0 Å². The van der Waals surface area contributed by atoms with Gasteiger partial charge in [-0.25, -0.2) is 9.97 Å². The van der Waals surface area contributed by atoms with E-state index < -0.39 is 0 Å². The highest BCUT2D eigenvalue weighted by Crippen LogP contribution is 2.18. The minimum Gasteiger partial charge on any atom is -0.388 e. The summed E-state index contributed by atoms with van der Waals surface area (Å²) >= 11 is 0. The van der Waals surface area contributed by atoms with Gasteiger partial charge in [0.1, 0.15) is 12.0 Å². The zero-order valence-electron chi connectivity index (χ0n) is 15.2. The Morgan fingerprint density at radius 2 is 2.07 bits per heavy atom. The largest absolute Gasteiger partial charge is 0.388 e. The van der Waals surface area contributed by atoms with Crippen molar-refractivity contribution < 1.29 is 9.53 Å². The number of benzene rings is 1. The first kappa shape index (κ1) is 19.8. The van der Waals surface area contributed by atoms with E-state index in [2.05, 4.69) is 32.3 Å². The summed E-state index contributed by atoms with van der Waals surface area (Å²) in [5.41, 5.74) is 2.12. The maximum absolute atomic E-state index is 12.3. The molecule has 1 N–H and O–H groups in total. The minimum absolute atomic E-state index is 0.0579. The van der Waals surface area contributed by atoms with Gasteiger partial charge in [0.15, 0.2) is 6.19 Å². The summed E-state index contributed by atoms with van der Waals surface area (Å²) in [4.78, 5) is 22.2. The van der Waals surface area contributed by atoms with Crippen LogP contribution in [0.15, 0.2) is 36.7 Å². The van der Waals surface area contributed by atoms with E-state index in [4.69, 9.17) is 10.5 Å². The van der Waals surface area contributed by atoms with Crippen LogP contribution in [0.3, 0.4) is 0 Å². The quantitative estimate of drug-likeness (QED) is 0.822. The molecule has 0 spiro atoms. The second-order valence-electron chi connectivity index (χ2n) is 5.89. The first-order chi connectivity index (χ1) is 13.1. The van der Waals surface area contributed by atoms with Crippen LogP contribution in [0.2, 0.25) is 0 Å². The van der Waals surface area contributed by atoms with Gasteiger partial charge in [-0.2, -0.15) is 10.5 Å². The van der Waals surface area contributed by atoms with E-state index in [1.54, 1.807) is 43.4 Å². The fraction of sp³-hybridized carbons (Fsp3) is 0.316. The highest BCUT2D eigenvalue weighted by molar-refractivity contribution is 5.93. The van der Waals surface area contributed by atoms with E-state index in [-0.39, 0.29) is 17.6 Å². The number of hydrogen-bond acceptors (Lipinski definition) is 7. The zero-order valence-corrected chi connectivity index (χ0v) is 15.2. The molecule has 0 radical (unpaired) electrons. The second-order valence-corrected chi connectivity index (χ2v) is 5.89. The van der Waals surface area contributed by atoms with Crippen molar-refractivity contribution in [1.29, 1.82) is 10.5 Å². The number of aromatic nitrogens is 2. The third-order valence-corrected chi connectivity index (χ3v) is 3.85. The topological polar surface area (TPSA) is 115 Å². The van der Waals surface area contributed by atoms with Crippen LogP contribution in [0.4, 0.5) is 0 Å². The summed E-state index contributed by atoms with van der Waals surface area (Å²) in [6.45, 7) is 1.17. The maximum atomic E-state index is 12.3. The average molecular weight is 364 g/mol. The first-order valence-corrected chi connectivity index (χ1v) is 8.29. The molecule has 8 nitrogen and oxygen atoms in total. The molecular formula is C19H20N6O2. The van der Waals surface area contributed by atoms with E-state index in [1.165, 1.54) is 6.33 Å². The number of carbonyl (C=O) groups is 1. The number of nitriles is 2. The maximum Gasteiger partial charge on any atom is 0.270 e. The molecule has 1 atom stereocenters. The average Bonchev–Trinajstić information content (AvgIpc) is 3.16. The summed E-state index contributed by atoms with van der Waals surface area (Å²) in [7, 11) is 3.25. The molecule has 1 aliphatic heterocycles. The summed E-state index contributed by atoms with van der Waals surface area (Å²) in [5.74, 6) is -0.292. The lowest BCUT2D eigenvalue weighted by molar-refractivity contribution is 0.0933. The standard InChI is InChI=1S/C17H14N6O.C2H6O/c18-8-12-2-1-3-13(6-12)15-7-16(21-11-20-15)17(24)22-14-4-5-23(9-14)10-19;1-3-2/h1-3,6-7,11,14H,4-5,9H2,(H,22,24);1-2H3. The molecule has 1 amide bonds. The smallest absolute Gasteiger partial charge is 0.270 e. The Morgan fingerprint density at radius 1 is 1.30 bits per heavy atom. The monoisotopic (exact) mass is 364 g/mol. The van der Waals surface area contributed by atoms with Gasteiger partial charge in [-0.1, -0.05) is 12.1 Å². The molecule has 2 aromatic rings. The van der Waals surface area contributed by atoms with E-state index in [0.29, 0.717) is 24.3 Å². The highest BCUT2D eigenvalue weighted by atomic mass is 16.4. The second kappa shape index (κ2) is 9.85. The predicted molar refractivity (Wildman–Crippen MR) is 98.2 cm³/mol. The molecular weight excluding hydrogens is 344 g/mol. The molecule has 0 aliphatic carbocycles. The Bertz CT molecular complexity index is 871. The van der Waals surface area contributed by atoms with Crippen LogP contribution in [0, 0.1) is 22.8 Å². The number of ether oxygens (including phenoxy) is 1. The van der Waals surface area contributed by atoms with Gasteiger partial charge in [0, 0.05) is 38.9 Å². The first-order valence-electron chi connectivity index (χ1n) is 8.29. The van der Waals surface area contributed by atoms with E-state index in [1.807, 2.05) is 6.07 Å². The molecule has 2 heterocycles. The normalized spacial score (nSPS) is 15.1. The van der Waals surface area contributed by atoms with Gasteiger partial charge in [-0.05, 0) is 24.6 Å². The molecule has 1 aliphatic rings. The number of nitrogens with one attached hydrogen (secondary N) is 1. The van der Waals surface area contributed by atoms with Crippen LogP contribution in [0.1, 0.15) is 22.5 Å². The lowest BCUT2D eigenvalue weighted by atomic mass is 10.1. The zero-order chi connectivity index (χ0) is 19.6. The molecule has 1 aromatic heterocycles. The number of nitrogens with zero attached hydrogens (tertiary/aromatic N) is 5. The van der Waals surface area contributed by atoms with E-state index >= 15 is 0 Å². The fourth-order valence-corrected chi connectivity index (χ4v) is 2.62. The molecule has 3 rings (SSSR count). The highest BCUT2D eigenvalue weighted by Gasteiger charge is 2.24. The third kappa shape index (κ3) is 5.50. The SMILES string of the molecule is COC.N#Cc1cccc(-c2cc(C(=O)NC3CCN(C#N)C3)ncn2)c1. The van der Waals surface area contributed by atoms with Crippen LogP contribution >= 0.6 is 0 Å². The van der Waals surface area contributed by atoms with E-state index in [9.17, 15) is 4.79 Å². The van der Waals surface area contributed by atoms with Crippen LogP contribution < -0.4 is 5.32 Å². The number of methoxy groups -OCH3 is 1. The summed E-state index contributed by atoms with van der Waals surface area (Å²) in [5, 5.41) is 20.7. The minimum atomic E-state index is -0.292.